The van der Waals surface area contributed by atoms with E-state index in [0.717, 1.165) is 11.3 Å². The average molecular weight is 248 g/mol. The lowest BCUT2D eigenvalue weighted by atomic mass is 10.0. The quantitative estimate of drug-likeness (QED) is 0.829. The van der Waals surface area contributed by atoms with Crippen molar-refractivity contribution in [2.75, 3.05) is 18.6 Å². The molecule has 98 valence electrons. The van der Waals surface area contributed by atoms with Crippen LogP contribution in [0.5, 0.6) is 0 Å². The highest BCUT2D eigenvalue weighted by Crippen LogP contribution is 2.31. The summed E-state index contributed by atoms with van der Waals surface area (Å²) in [6.45, 7) is 3.98. The summed E-state index contributed by atoms with van der Waals surface area (Å²) in [5.41, 5.74) is 1.98. The molecular formula is C14H20N2O2. The van der Waals surface area contributed by atoms with Gasteiger partial charge in [-0.3, -0.25) is 4.79 Å². The van der Waals surface area contributed by atoms with Gasteiger partial charge >= 0.3 is 0 Å². The summed E-state index contributed by atoms with van der Waals surface area (Å²) in [5.74, 6) is 0.184. The molecule has 0 radical (unpaired) electrons. The Labute approximate surface area is 108 Å². The van der Waals surface area contributed by atoms with Gasteiger partial charge in [-0.15, -0.1) is 0 Å². The molecule has 0 bridgehead atoms. The minimum atomic E-state index is -0.320. The molecule has 0 aliphatic carbocycles. The molecule has 0 fully saturated rings. The van der Waals surface area contributed by atoms with E-state index in [-0.39, 0.29) is 30.5 Å². The number of para-hydroxylation sites is 1. The molecule has 4 heteroatoms. The number of carbonyl (C=O) groups is 1. The lowest BCUT2D eigenvalue weighted by Crippen LogP contribution is -2.47. The Morgan fingerprint density at radius 2 is 2.06 bits per heavy atom. The Bertz CT molecular complexity index is 445. The number of nitrogens with zero attached hydrogens (tertiary/aromatic N) is 1. The number of fused-ring (bicyclic) bond motifs is 1. The highest BCUT2D eigenvalue weighted by Gasteiger charge is 2.33. The van der Waals surface area contributed by atoms with E-state index in [2.05, 4.69) is 5.32 Å². The second kappa shape index (κ2) is 4.98. The largest absolute Gasteiger partial charge is 0.394 e. The normalized spacial score (nSPS) is 23.6. The second-order valence-electron chi connectivity index (χ2n) is 5.10. The fourth-order valence-corrected chi connectivity index (χ4v) is 2.66. The fraction of sp³-hybridized carbons (Fsp3) is 0.500. The smallest absolute Gasteiger partial charge is 0.243 e. The van der Waals surface area contributed by atoms with Gasteiger partial charge in [0.1, 0.15) is 6.04 Å². The van der Waals surface area contributed by atoms with Crippen molar-refractivity contribution in [3.63, 3.8) is 0 Å². The predicted octanol–water partition coefficient (Wildman–Crippen LogP) is 1.31. The summed E-state index contributed by atoms with van der Waals surface area (Å²) in [4.78, 5) is 14.2. The molecule has 0 unspecified atom stereocenters. The lowest BCUT2D eigenvalue weighted by molar-refractivity contribution is -0.124. The van der Waals surface area contributed by atoms with Gasteiger partial charge in [-0.2, -0.15) is 0 Å². The molecule has 1 amide bonds. The summed E-state index contributed by atoms with van der Waals surface area (Å²) in [6.07, 6.45) is 0. The van der Waals surface area contributed by atoms with Gasteiger partial charge in [0.2, 0.25) is 5.91 Å². The van der Waals surface area contributed by atoms with Gasteiger partial charge in [0.25, 0.3) is 0 Å². The highest BCUT2D eigenvalue weighted by molar-refractivity contribution is 5.87. The molecule has 2 N–H and O–H groups in total. The first-order valence-corrected chi connectivity index (χ1v) is 6.29. The zero-order valence-electron chi connectivity index (χ0n) is 11.1. The molecule has 18 heavy (non-hydrogen) atoms. The van der Waals surface area contributed by atoms with Crippen LogP contribution in [0.15, 0.2) is 24.3 Å². The van der Waals surface area contributed by atoms with Crippen LogP contribution in [0.2, 0.25) is 0 Å². The molecule has 0 saturated heterocycles. The summed E-state index contributed by atoms with van der Waals surface area (Å²) < 4.78 is 0. The van der Waals surface area contributed by atoms with Crippen LogP contribution in [-0.4, -0.2) is 30.7 Å². The van der Waals surface area contributed by atoms with Crippen molar-refractivity contribution in [2.45, 2.75) is 25.9 Å². The van der Waals surface area contributed by atoms with Crippen molar-refractivity contribution in [1.82, 2.24) is 5.32 Å². The first kappa shape index (κ1) is 12.9. The second-order valence-corrected chi connectivity index (χ2v) is 5.10. The molecular weight excluding hydrogens is 228 g/mol. The fourth-order valence-electron chi connectivity index (χ4n) is 2.66. The SMILES string of the molecule is CC(C)[C@H]1C(=O)N[C@@H](CO)c2ccccc2N1C. The van der Waals surface area contributed by atoms with Crippen molar-refractivity contribution in [3.8, 4) is 0 Å². The maximum Gasteiger partial charge on any atom is 0.243 e. The zero-order valence-corrected chi connectivity index (χ0v) is 11.1. The van der Waals surface area contributed by atoms with E-state index in [1.54, 1.807) is 0 Å². The van der Waals surface area contributed by atoms with Crippen LogP contribution in [0.4, 0.5) is 5.69 Å². The molecule has 0 spiro atoms. The Hall–Kier alpha value is -1.55. The summed E-state index contributed by atoms with van der Waals surface area (Å²) in [6, 6.07) is 7.31. The third kappa shape index (κ3) is 2.08. The highest BCUT2D eigenvalue weighted by atomic mass is 16.3. The van der Waals surface area contributed by atoms with Crippen LogP contribution in [0.1, 0.15) is 25.5 Å². The maximum absolute atomic E-state index is 12.2. The number of benzene rings is 1. The van der Waals surface area contributed by atoms with Crippen LogP contribution < -0.4 is 10.2 Å². The summed E-state index contributed by atoms with van der Waals surface area (Å²) in [7, 11) is 1.93. The maximum atomic E-state index is 12.2. The Balaban J connectivity index is 2.51. The lowest BCUT2D eigenvalue weighted by Gasteiger charge is -2.30. The predicted molar refractivity (Wildman–Crippen MR) is 71.4 cm³/mol. The molecule has 1 aromatic rings. The van der Waals surface area contributed by atoms with Crippen molar-refractivity contribution < 1.29 is 9.90 Å². The van der Waals surface area contributed by atoms with Crippen LogP contribution in [0.3, 0.4) is 0 Å². The van der Waals surface area contributed by atoms with Crippen LogP contribution >= 0.6 is 0 Å². The number of nitrogens with one attached hydrogen (secondary N) is 1. The first-order valence-electron chi connectivity index (χ1n) is 6.29. The van der Waals surface area contributed by atoms with E-state index in [1.165, 1.54) is 0 Å². The van der Waals surface area contributed by atoms with Gasteiger partial charge in [-0.05, 0) is 12.0 Å². The minimum absolute atomic E-state index is 0.0252. The zero-order chi connectivity index (χ0) is 13.3. The molecule has 2 atom stereocenters. The number of likely N-dealkylation sites (N-methyl/N-ethyl adjacent to an activating group) is 1. The third-order valence-corrected chi connectivity index (χ3v) is 3.51. The van der Waals surface area contributed by atoms with Crippen molar-refractivity contribution in [1.29, 1.82) is 0 Å². The van der Waals surface area contributed by atoms with E-state index in [9.17, 15) is 9.90 Å². The van der Waals surface area contributed by atoms with Crippen LogP contribution in [0, 0.1) is 5.92 Å². The third-order valence-electron chi connectivity index (χ3n) is 3.51. The number of anilines is 1. The number of rotatable bonds is 2. The van der Waals surface area contributed by atoms with Crippen molar-refractivity contribution in [3.05, 3.63) is 29.8 Å². The van der Waals surface area contributed by atoms with Gasteiger partial charge in [-0.25, -0.2) is 0 Å². The standard InChI is InChI=1S/C14H20N2O2/c1-9(2)13-14(18)15-11(8-17)10-6-4-5-7-12(10)16(13)3/h4-7,9,11,13,17H,8H2,1-3H3,(H,15,18)/t11-,13-/m0/s1. The first-order chi connectivity index (χ1) is 8.56. The molecule has 4 nitrogen and oxygen atoms in total. The van der Waals surface area contributed by atoms with Gasteiger partial charge in [-0.1, -0.05) is 32.0 Å². The van der Waals surface area contributed by atoms with Crippen LogP contribution in [0.25, 0.3) is 0 Å². The van der Waals surface area contributed by atoms with E-state index in [1.807, 2.05) is 50.1 Å². The van der Waals surface area contributed by atoms with E-state index >= 15 is 0 Å². The molecule has 1 heterocycles. The molecule has 1 aliphatic rings. The summed E-state index contributed by atoms with van der Waals surface area (Å²) in [5, 5.41) is 12.4. The molecule has 2 rings (SSSR count). The van der Waals surface area contributed by atoms with Gasteiger partial charge in [0, 0.05) is 18.3 Å². The van der Waals surface area contributed by atoms with Gasteiger partial charge < -0.3 is 15.3 Å². The van der Waals surface area contributed by atoms with E-state index < -0.39 is 0 Å². The Morgan fingerprint density at radius 3 is 2.67 bits per heavy atom. The van der Waals surface area contributed by atoms with E-state index in [0.29, 0.717) is 0 Å². The van der Waals surface area contributed by atoms with Crippen LogP contribution in [-0.2, 0) is 4.79 Å². The monoisotopic (exact) mass is 248 g/mol. The Kier molecular flexibility index (Phi) is 3.57. The number of hydrogen-bond donors (Lipinski definition) is 2. The average Bonchev–Trinajstić information content (AvgIpc) is 2.45. The van der Waals surface area contributed by atoms with E-state index in [4.69, 9.17) is 0 Å². The minimum Gasteiger partial charge on any atom is -0.394 e. The van der Waals surface area contributed by atoms with Crippen molar-refractivity contribution >= 4 is 11.6 Å². The molecule has 1 aliphatic heterocycles. The van der Waals surface area contributed by atoms with Gasteiger partial charge in [0.15, 0.2) is 0 Å². The number of hydrogen-bond acceptors (Lipinski definition) is 3. The topological polar surface area (TPSA) is 52.6 Å². The molecule has 0 aromatic heterocycles. The van der Waals surface area contributed by atoms with Crippen molar-refractivity contribution in [2.24, 2.45) is 5.92 Å². The molecule has 0 saturated carbocycles. The number of carbonyl (C=O) groups excluding carboxylic acids is 1. The molecule has 1 aromatic carbocycles. The number of aliphatic hydroxyl groups is 1. The summed E-state index contributed by atoms with van der Waals surface area (Å²) >= 11 is 0. The van der Waals surface area contributed by atoms with Gasteiger partial charge in [0.05, 0.1) is 12.6 Å². The Morgan fingerprint density at radius 1 is 1.39 bits per heavy atom. The number of aliphatic hydroxyl groups excluding tert-OH is 1. The number of amides is 1.